The molecule has 32 heavy (non-hydrogen) atoms. The largest absolute Gasteiger partial charge is 0.490 e. The van der Waals surface area contributed by atoms with E-state index in [0.717, 1.165) is 0 Å². The molecular weight excluding hydrogens is 415 g/mol. The predicted molar refractivity (Wildman–Crippen MR) is 117 cm³/mol. The summed E-state index contributed by atoms with van der Waals surface area (Å²) in [4.78, 5) is 26.0. The van der Waals surface area contributed by atoms with Crippen molar-refractivity contribution in [2.45, 2.75) is 39.7 Å². The van der Waals surface area contributed by atoms with Crippen LogP contribution in [0.1, 0.15) is 54.7 Å². The first-order valence-electron chi connectivity index (χ1n) is 10.4. The fraction of sp³-hybridized carbons (Fsp3) is 0.375. The summed E-state index contributed by atoms with van der Waals surface area (Å²) in [6, 6.07) is 8.13. The second-order valence-electron chi connectivity index (χ2n) is 8.06. The van der Waals surface area contributed by atoms with Gasteiger partial charge in [0.05, 0.1) is 30.7 Å². The lowest BCUT2D eigenvalue weighted by Gasteiger charge is -2.21. The summed E-state index contributed by atoms with van der Waals surface area (Å²) in [5, 5.41) is 17.9. The normalized spacial score (nSPS) is 13.2. The number of hydrogen-bond acceptors (Lipinski definition) is 5. The number of hydrogen-bond donors (Lipinski definition) is 2. The van der Waals surface area contributed by atoms with E-state index in [4.69, 9.17) is 14.9 Å². The zero-order valence-electron chi connectivity index (χ0n) is 18.6. The molecule has 0 aromatic heterocycles. The Morgan fingerprint density at radius 1 is 1.19 bits per heavy atom. The van der Waals surface area contributed by atoms with Crippen molar-refractivity contribution in [1.82, 2.24) is 4.90 Å². The van der Waals surface area contributed by atoms with Crippen molar-refractivity contribution < 1.29 is 28.6 Å². The van der Waals surface area contributed by atoms with E-state index < -0.39 is 17.2 Å². The molecule has 0 fully saturated rings. The Balaban J connectivity index is 1.86. The molecule has 2 aromatic carbocycles. The van der Waals surface area contributed by atoms with Gasteiger partial charge in [-0.2, -0.15) is 0 Å². The smallest absolute Gasteiger partial charge is 0.313 e. The third-order valence-electron chi connectivity index (χ3n) is 5.55. The molecule has 1 aliphatic heterocycles. The molecule has 0 saturated heterocycles. The van der Waals surface area contributed by atoms with Crippen LogP contribution in [0.5, 0.6) is 11.5 Å². The van der Waals surface area contributed by atoms with Crippen LogP contribution in [-0.2, 0) is 16.8 Å². The zero-order chi connectivity index (χ0) is 23.6. The van der Waals surface area contributed by atoms with Crippen molar-refractivity contribution in [2.75, 3.05) is 19.8 Å². The van der Waals surface area contributed by atoms with Crippen LogP contribution in [-0.4, -0.2) is 47.4 Å². The van der Waals surface area contributed by atoms with Gasteiger partial charge in [0, 0.05) is 12.1 Å². The van der Waals surface area contributed by atoms with Crippen LogP contribution in [0.25, 0.3) is 0 Å². The molecule has 0 unspecified atom stereocenters. The standard InChI is InChI=1S/C24H27FN2O5/c1-5-31-18-11-15-12-27(22(26)19(15)20(25)21(18)32-6-2)13-17(28)14-8-7-9-16(10-14)24(3,4)23(29)30/h7-11,26H,5-6,12-13H2,1-4H3,(H,29,30). The number of carbonyl (C=O) groups is 2. The van der Waals surface area contributed by atoms with Crippen LogP contribution < -0.4 is 9.47 Å². The molecule has 3 rings (SSSR count). The summed E-state index contributed by atoms with van der Waals surface area (Å²) in [7, 11) is 0. The minimum atomic E-state index is -1.15. The molecule has 0 radical (unpaired) electrons. The Labute approximate surface area is 186 Å². The minimum Gasteiger partial charge on any atom is -0.490 e. The number of nitrogens with one attached hydrogen (secondary N) is 1. The van der Waals surface area contributed by atoms with E-state index in [-0.39, 0.29) is 48.4 Å². The van der Waals surface area contributed by atoms with Crippen LogP contribution in [0, 0.1) is 11.2 Å². The van der Waals surface area contributed by atoms with Gasteiger partial charge >= 0.3 is 5.97 Å². The van der Waals surface area contributed by atoms with Gasteiger partial charge < -0.3 is 19.5 Å². The molecule has 0 atom stereocenters. The van der Waals surface area contributed by atoms with Crippen LogP contribution in [0.3, 0.4) is 0 Å². The van der Waals surface area contributed by atoms with Crippen molar-refractivity contribution in [2.24, 2.45) is 0 Å². The fourth-order valence-electron chi connectivity index (χ4n) is 3.63. The number of nitrogens with zero attached hydrogens (tertiary/aromatic N) is 1. The Bertz CT molecular complexity index is 1080. The number of Topliss-reactive ketones (excluding diaryl/α,β-unsaturated/α-hetero) is 1. The van der Waals surface area contributed by atoms with E-state index in [0.29, 0.717) is 23.3 Å². The quantitative estimate of drug-likeness (QED) is 0.569. The number of fused-ring (bicyclic) bond motifs is 1. The van der Waals surface area contributed by atoms with Gasteiger partial charge in [-0.15, -0.1) is 0 Å². The summed E-state index contributed by atoms with van der Waals surface area (Å²) in [5.74, 6) is -1.81. The van der Waals surface area contributed by atoms with Gasteiger partial charge in [-0.05, 0) is 51.0 Å². The molecule has 2 N–H and O–H groups in total. The third-order valence-corrected chi connectivity index (χ3v) is 5.55. The van der Waals surface area contributed by atoms with E-state index in [1.807, 2.05) is 0 Å². The number of benzene rings is 2. The number of amidine groups is 1. The summed E-state index contributed by atoms with van der Waals surface area (Å²) in [5.41, 5.74) is 0.343. The first-order valence-corrected chi connectivity index (χ1v) is 10.4. The average Bonchev–Trinajstić information content (AvgIpc) is 3.06. The zero-order valence-corrected chi connectivity index (χ0v) is 18.6. The summed E-state index contributed by atoms with van der Waals surface area (Å²) >= 11 is 0. The van der Waals surface area contributed by atoms with Crippen LogP contribution in [0.15, 0.2) is 30.3 Å². The highest BCUT2D eigenvalue weighted by atomic mass is 19.1. The van der Waals surface area contributed by atoms with Crippen molar-refractivity contribution in [3.8, 4) is 11.5 Å². The number of rotatable bonds is 9. The minimum absolute atomic E-state index is 0.0328. The van der Waals surface area contributed by atoms with Gasteiger partial charge in [0.25, 0.3) is 0 Å². The van der Waals surface area contributed by atoms with E-state index in [9.17, 15) is 14.7 Å². The molecule has 0 amide bonds. The number of ether oxygens (including phenoxy) is 2. The summed E-state index contributed by atoms with van der Waals surface area (Å²) in [6.07, 6.45) is 0. The molecule has 1 heterocycles. The monoisotopic (exact) mass is 442 g/mol. The first-order chi connectivity index (χ1) is 15.1. The Kier molecular flexibility index (Phi) is 6.52. The molecule has 1 aliphatic rings. The van der Waals surface area contributed by atoms with Crippen molar-refractivity contribution in [3.05, 3.63) is 58.4 Å². The molecule has 0 spiro atoms. The van der Waals surface area contributed by atoms with Crippen LogP contribution in [0.4, 0.5) is 4.39 Å². The van der Waals surface area contributed by atoms with E-state index >= 15 is 4.39 Å². The van der Waals surface area contributed by atoms with Gasteiger partial charge in [0.15, 0.2) is 23.1 Å². The van der Waals surface area contributed by atoms with Crippen molar-refractivity contribution in [3.63, 3.8) is 0 Å². The van der Waals surface area contributed by atoms with Gasteiger partial charge in [-0.25, -0.2) is 4.39 Å². The predicted octanol–water partition coefficient (Wildman–Crippen LogP) is 4.01. The molecule has 7 nitrogen and oxygen atoms in total. The number of halogens is 1. The highest BCUT2D eigenvalue weighted by Gasteiger charge is 2.34. The number of carboxylic acid groups (broad SMARTS) is 1. The molecule has 0 saturated carbocycles. The number of ketones is 1. The van der Waals surface area contributed by atoms with Crippen LogP contribution in [0.2, 0.25) is 0 Å². The molecule has 0 bridgehead atoms. The van der Waals surface area contributed by atoms with Gasteiger partial charge in [-0.3, -0.25) is 15.0 Å². The Morgan fingerprint density at radius 2 is 1.88 bits per heavy atom. The average molecular weight is 442 g/mol. The van der Waals surface area contributed by atoms with E-state index in [2.05, 4.69) is 0 Å². The van der Waals surface area contributed by atoms with Gasteiger partial charge in [0.1, 0.15) is 5.84 Å². The summed E-state index contributed by atoms with van der Waals surface area (Å²) in [6.45, 7) is 7.28. The molecule has 2 aromatic rings. The lowest BCUT2D eigenvalue weighted by atomic mass is 9.84. The third kappa shape index (κ3) is 4.17. The van der Waals surface area contributed by atoms with Gasteiger partial charge in [-0.1, -0.05) is 18.2 Å². The first kappa shape index (κ1) is 23.2. The van der Waals surface area contributed by atoms with Gasteiger partial charge in [0.2, 0.25) is 0 Å². The molecule has 170 valence electrons. The molecule has 0 aliphatic carbocycles. The molecule has 8 heteroatoms. The number of carbonyl (C=O) groups excluding carboxylic acids is 1. The maximum absolute atomic E-state index is 15.2. The van der Waals surface area contributed by atoms with E-state index in [1.54, 1.807) is 58.0 Å². The highest BCUT2D eigenvalue weighted by molar-refractivity contribution is 6.06. The van der Waals surface area contributed by atoms with E-state index in [1.165, 1.54) is 4.90 Å². The maximum atomic E-state index is 15.2. The highest BCUT2D eigenvalue weighted by Crippen LogP contribution is 2.39. The second-order valence-corrected chi connectivity index (χ2v) is 8.06. The lowest BCUT2D eigenvalue weighted by molar-refractivity contribution is -0.142. The lowest BCUT2D eigenvalue weighted by Crippen LogP contribution is -2.31. The van der Waals surface area contributed by atoms with Crippen molar-refractivity contribution >= 4 is 17.6 Å². The maximum Gasteiger partial charge on any atom is 0.313 e. The summed E-state index contributed by atoms with van der Waals surface area (Å²) < 4.78 is 26.1. The fourth-order valence-corrected chi connectivity index (χ4v) is 3.63. The van der Waals surface area contributed by atoms with Crippen molar-refractivity contribution in [1.29, 1.82) is 5.41 Å². The molecular formula is C24H27FN2O5. The van der Waals surface area contributed by atoms with Crippen LogP contribution >= 0.6 is 0 Å². The second kappa shape index (κ2) is 8.98. The topological polar surface area (TPSA) is 99.9 Å². The number of carboxylic acids is 1. The Morgan fingerprint density at radius 3 is 2.50 bits per heavy atom. The Hall–Kier alpha value is -3.42. The SMILES string of the molecule is CCOc1cc2c(c(F)c1OCC)C(=N)N(CC(=O)c1cccc(C(C)(C)C(=O)O)c1)C2. The number of aliphatic carboxylic acids is 1.